The molecule has 0 radical (unpaired) electrons. The highest BCUT2D eigenvalue weighted by atomic mass is 32.2. The first-order valence-electron chi connectivity index (χ1n) is 9.45. The van der Waals surface area contributed by atoms with Crippen LogP contribution in [0.2, 0.25) is 0 Å². The average Bonchev–Trinajstić information content (AvgIpc) is 3.53. The fourth-order valence-electron chi connectivity index (χ4n) is 3.31. The van der Waals surface area contributed by atoms with Crippen molar-refractivity contribution in [2.45, 2.75) is 24.0 Å². The highest BCUT2D eigenvalue weighted by molar-refractivity contribution is 7.99. The zero-order valence-electron chi connectivity index (χ0n) is 15.7. The molecule has 2 heterocycles. The first-order chi connectivity index (χ1) is 14.6. The van der Waals surface area contributed by atoms with Crippen molar-refractivity contribution in [3.05, 3.63) is 70.6 Å². The van der Waals surface area contributed by atoms with Crippen LogP contribution in [0.5, 0.6) is 5.95 Å². The average molecular weight is 420 g/mol. The molecular weight excluding hydrogens is 404 g/mol. The number of nitrogens with zero attached hydrogens (tertiary/aromatic N) is 4. The zero-order valence-corrected chi connectivity index (χ0v) is 16.5. The molecule has 2 aromatic heterocycles. The van der Waals surface area contributed by atoms with Crippen molar-refractivity contribution < 1.29 is 19.1 Å². The Hall–Kier alpha value is -3.46. The minimum absolute atomic E-state index is 0.0687. The van der Waals surface area contributed by atoms with Gasteiger partial charge in [0.25, 0.3) is 5.56 Å². The van der Waals surface area contributed by atoms with Gasteiger partial charge in [-0.15, -0.1) is 0 Å². The van der Waals surface area contributed by atoms with Crippen LogP contribution in [0.25, 0.3) is 16.6 Å². The summed E-state index contributed by atoms with van der Waals surface area (Å²) in [4.78, 5) is 30.4. The van der Waals surface area contributed by atoms with Crippen molar-refractivity contribution in [2.75, 3.05) is 5.75 Å². The van der Waals surface area contributed by atoms with Crippen LogP contribution in [0.15, 0.2) is 69.1 Å². The van der Waals surface area contributed by atoms with Crippen molar-refractivity contribution in [1.82, 2.24) is 14.8 Å². The summed E-state index contributed by atoms with van der Waals surface area (Å²) in [5.41, 5.74) is 0.875. The van der Waals surface area contributed by atoms with E-state index in [9.17, 15) is 14.7 Å². The molecule has 0 N–H and O–H groups in total. The predicted octanol–water partition coefficient (Wildman–Crippen LogP) is 2.04. The van der Waals surface area contributed by atoms with Gasteiger partial charge in [-0.05, 0) is 29.7 Å². The largest absolute Gasteiger partial charge is 0.539 e. The van der Waals surface area contributed by atoms with Gasteiger partial charge in [-0.3, -0.25) is 14.2 Å². The van der Waals surface area contributed by atoms with Crippen LogP contribution in [0.4, 0.5) is 0 Å². The molecule has 0 aliphatic heterocycles. The van der Waals surface area contributed by atoms with Crippen molar-refractivity contribution in [3.63, 3.8) is 0 Å². The monoisotopic (exact) mass is 420 g/mol. The molecule has 0 atom stereocenters. The van der Waals surface area contributed by atoms with E-state index in [1.165, 1.54) is 4.68 Å². The van der Waals surface area contributed by atoms with E-state index >= 15 is 0 Å². The lowest BCUT2D eigenvalue weighted by Gasteiger charge is -2.11. The standard InChI is InChI=1S/C21H16N4O4S/c26-17(18-20(28)29-23-25(18)14-6-2-1-3-7-14)12-30-21-22-16-9-5-4-8-15(16)19(27)24(21)13-10-11-13/h1-9,13H,10-12H2. The molecule has 1 saturated carbocycles. The van der Waals surface area contributed by atoms with Gasteiger partial charge >= 0.3 is 5.69 Å². The molecule has 0 bridgehead atoms. The second-order valence-corrected chi connectivity index (χ2v) is 7.93. The maximum Gasteiger partial charge on any atom is 0.307 e. The number of aromatic nitrogens is 4. The van der Waals surface area contributed by atoms with E-state index in [0.717, 1.165) is 24.6 Å². The van der Waals surface area contributed by atoms with Gasteiger partial charge < -0.3 is 9.63 Å². The van der Waals surface area contributed by atoms with Crippen LogP contribution in [-0.4, -0.2) is 26.4 Å². The van der Waals surface area contributed by atoms with Gasteiger partial charge in [-0.25, -0.2) is 4.98 Å². The topological polar surface area (TPSA) is 105 Å². The van der Waals surface area contributed by atoms with Crippen LogP contribution in [0.3, 0.4) is 0 Å². The molecular formula is C21H16N4O4S. The van der Waals surface area contributed by atoms with Gasteiger partial charge in [0.2, 0.25) is 11.5 Å². The summed E-state index contributed by atoms with van der Waals surface area (Å²) in [7, 11) is 0. The van der Waals surface area contributed by atoms with E-state index in [1.807, 2.05) is 18.2 Å². The first kappa shape index (κ1) is 18.6. The molecule has 2 aromatic carbocycles. The number of rotatable bonds is 6. The molecule has 150 valence electrons. The molecule has 1 aliphatic rings. The number of ketones is 1. The van der Waals surface area contributed by atoms with Crippen LogP contribution >= 0.6 is 11.8 Å². The summed E-state index contributed by atoms with van der Waals surface area (Å²) in [6, 6.07) is 16.1. The Kier molecular flexibility index (Phi) is 4.59. The van der Waals surface area contributed by atoms with Gasteiger partial charge in [0.15, 0.2) is 11.1 Å². The Bertz CT molecular complexity index is 1310. The molecule has 9 heteroatoms. The highest BCUT2D eigenvalue weighted by Crippen LogP contribution is 2.37. The van der Waals surface area contributed by atoms with Crippen molar-refractivity contribution in [1.29, 1.82) is 0 Å². The van der Waals surface area contributed by atoms with Gasteiger partial charge in [0.1, 0.15) is 0 Å². The Labute approximate surface area is 174 Å². The van der Waals surface area contributed by atoms with E-state index in [0.29, 0.717) is 21.7 Å². The number of para-hydroxylation sites is 2. The van der Waals surface area contributed by atoms with Crippen LogP contribution in [-0.2, 0) is 0 Å². The lowest BCUT2D eigenvalue weighted by Crippen LogP contribution is -2.39. The molecule has 0 saturated heterocycles. The molecule has 4 aromatic rings. The van der Waals surface area contributed by atoms with Gasteiger partial charge in [-0.1, -0.05) is 42.1 Å². The maximum absolute atomic E-state index is 12.9. The second kappa shape index (κ2) is 7.42. The number of thioether (sulfide) groups is 1. The van der Waals surface area contributed by atoms with Crippen molar-refractivity contribution in [2.24, 2.45) is 0 Å². The number of carbonyl (C=O) groups excluding carboxylic acids is 1. The minimum atomic E-state index is -0.796. The first-order valence-corrected chi connectivity index (χ1v) is 10.4. The van der Waals surface area contributed by atoms with E-state index in [4.69, 9.17) is 4.52 Å². The second-order valence-electron chi connectivity index (χ2n) is 6.99. The molecule has 30 heavy (non-hydrogen) atoms. The number of benzene rings is 2. The summed E-state index contributed by atoms with van der Waals surface area (Å²) in [5, 5.41) is 16.9. The smallest absolute Gasteiger partial charge is 0.307 e. The van der Waals surface area contributed by atoms with Gasteiger partial charge in [0.05, 0.1) is 21.9 Å². The molecule has 0 unspecified atom stereocenters. The molecule has 0 spiro atoms. The zero-order chi connectivity index (χ0) is 20.7. The molecule has 1 fully saturated rings. The van der Waals surface area contributed by atoms with Crippen molar-refractivity contribution in [3.8, 4) is 11.6 Å². The lowest BCUT2D eigenvalue weighted by atomic mass is 10.2. The van der Waals surface area contributed by atoms with Crippen LogP contribution < -0.4 is 15.3 Å². The summed E-state index contributed by atoms with van der Waals surface area (Å²) < 4.78 is 7.59. The fraction of sp³-hybridized carbons (Fsp3) is 0.190. The van der Waals surface area contributed by atoms with Gasteiger partial charge in [0, 0.05) is 18.2 Å². The fourth-order valence-corrected chi connectivity index (χ4v) is 4.24. The summed E-state index contributed by atoms with van der Waals surface area (Å²) in [6.45, 7) is 0. The van der Waals surface area contributed by atoms with Gasteiger partial charge in [-0.2, -0.15) is 0 Å². The van der Waals surface area contributed by atoms with E-state index < -0.39 is 11.7 Å². The number of carbonyl (C=O) groups is 1. The van der Waals surface area contributed by atoms with Crippen LogP contribution in [0, 0.1) is 0 Å². The summed E-state index contributed by atoms with van der Waals surface area (Å²) in [5.74, 6) is -1.31. The molecule has 5 rings (SSSR count). The van der Waals surface area contributed by atoms with Crippen molar-refractivity contribution >= 4 is 28.4 Å². The Morgan fingerprint density at radius 1 is 1.17 bits per heavy atom. The maximum atomic E-state index is 12.9. The summed E-state index contributed by atoms with van der Waals surface area (Å²) >= 11 is 1.14. The van der Waals surface area contributed by atoms with E-state index in [-0.39, 0.29) is 23.0 Å². The Balaban J connectivity index is 1.47. The Morgan fingerprint density at radius 3 is 2.67 bits per heavy atom. The van der Waals surface area contributed by atoms with E-state index in [2.05, 4.69) is 10.3 Å². The number of Topliss-reactive ketones (excluding diaryl/α,β-unsaturated/α-hetero) is 1. The third kappa shape index (κ3) is 3.26. The predicted molar refractivity (Wildman–Crippen MR) is 107 cm³/mol. The quantitative estimate of drug-likeness (QED) is 0.203. The third-order valence-corrected chi connectivity index (χ3v) is 5.85. The normalized spacial score (nSPS) is 13.6. The lowest BCUT2D eigenvalue weighted by molar-refractivity contribution is -0.672. The summed E-state index contributed by atoms with van der Waals surface area (Å²) in [6.07, 6.45) is 1.82. The highest BCUT2D eigenvalue weighted by Gasteiger charge is 2.31. The molecule has 1 aliphatic carbocycles. The Morgan fingerprint density at radius 2 is 1.90 bits per heavy atom. The SMILES string of the molecule is O=C(CSc1nc2ccccc2c(=O)n1C1CC1)c1c([O-])on[n+]1-c1ccccc1. The third-order valence-electron chi connectivity index (χ3n) is 4.90. The van der Waals surface area contributed by atoms with Crippen LogP contribution in [0.1, 0.15) is 29.4 Å². The number of fused-ring (bicyclic) bond motifs is 1. The molecule has 8 nitrogen and oxygen atoms in total. The number of hydrogen-bond acceptors (Lipinski definition) is 7. The van der Waals surface area contributed by atoms with E-state index in [1.54, 1.807) is 41.0 Å². The molecule has 0 amide bonds. The minimum Gasteiger partial charge on any atom is -0.539 e. The number of hydrogen-bond donors (Lipinski definition) is 0.